The van der Waals surface area contributed by atoms with Crippen LogP contribution in [0.3, 0.4) is 0 Å². The van der Waals surface area contributed by atoms with E-state index in [4.69, 9.17) is 4.74 Å². The predicted molar refractivity (Wildman–Crippen MR) is 61.5 cm³/mol. The highest BCUT2D eigenvalue weighted by Crippen LogP contribution is 2.03. The molecule has 3 heteroatoms. The van der Waals surface area contributed by atoms with Crippen LogP contribution in [0.1, 0.15) is 52.4 Å². The van der Waals surface area contributed by atoms with Crippen molar-refractivity contribution in [1.82, 2.24) is 0 Å². The number of halogens is 1. The molecule has 0 aromatic rings. The third kappa shape index (κ3) is 16.9. The first kappa shape index (κ1) is 17.6. The molecule has 0 fully saturated rings. The van der Waals surface area contributed by atoms with Crippen LogP contribution in [0.15, 0.2) is 0 Å². The molecule has 0 amide bonds. The average molecular weight is 238 g/mol. The predicted octanol–water partition coefficient (Wildman–Crippen LogP) is -1.05. The van der Waals surface area contributed by atoms with Gasteiger partial charge in [0.15, 0.2) is 0 Å². The van der Waals surface area contributed by atoms with Crippen molar-refractivity contribution in [2.75, 3.05) is 26.3 Å². The fourth-order valence-electron chi connectivity index (χ4n) is 1.52. The van der Waals surface area contributed by atoms with Gasteiger partial charge in [-0.3, -0.25) is 0 Å². The van der Waals surface area contributed by atoms with Gasteiger partial charge in [-0.25, -0.2) is 0 Å². The van der Waals surface area contributed by atoms with E-state index >= 15 is 0 Å². The second-order valence-electron chi connectivity index (χ2n) is 3.83. The first-order chi connectivity index (χ1) is 6.91. The van der Waals surface area contributed by atoms with Crippen molar-refractivity contribution in [3.63, 3.8) is 0 Å². The third-order valence-electron chi connectivity index (χ3n) is 2.43. The van der Waals surface area contributed by atoms with Gasteiger partial charge in [0, 0.05) is 6.61 Å². The molecule has 0 rings (SSSR count). The lowest BCUT2D eigenvalue weighted by molar-refractivity contribution is -0.656. The van der Waals surface area contributed by atoms with E-state index < -0.39 is 0 Å². The van der Waals surface area contributed by atoms with Gasteiger partial charge in [-0.2, -0.15) is 0 Å². The minimum absolute atomic E-state index is 0. The number of quaternary nitrogens is 1. The molecule has 2 N–H and O–H groups in total. The number of nitrogens with two attached hydrogens (primary N) is 1. The molecule has 0 spiro atoms. The summed E-state index contributed by atoms with van der Waals surface area (Å²) in [4.78, 5) is 0. The molecule has 0 unspecified atom stereocenters. The Morgan fingerprint density at radius 1 is 0.867 bits per heavy atom. The highest BCUT2D eigenvalue weighted by Gasteiger charge is 1.92. The maximum Gasteiger partial charge on any atom is 0.0993 e. The normalized spacial score (nSPS) is 10.0. The quantitative estimate of drug-likeness (QED) is 0.456. The largest absolute Gasteiger partial charge is 1.00 e. The zero-order valence-electron chi connectivity index (χ0n) is 10.4. The maximum absolute atomic E-state index is 5.26. The van der Waals surface area contributed by atoms with Crippen LogP contribution in [0.4, 0.5) is 0 Å². The highest BCUT2D eigenvalue weighted by atomic mass is 35.5. The van der Waals surface area contributed by atoms with E-state index in [1.807, 2.05) is 6.92 Å². The minimum atomic E-state index is 0. The van der Waals surface area contributed by atoms with Crippen LogP contribution in [-0.4, -0.2) is 26.3 Å². The Kier molecular flexibility index (Phi) is 19.5. The molecule has 2 nitrogen and oxygen atoms in total. The number of unbranched alkanes of at least 4 members (excludes halogenated alkanes) is 5. The summed E-state index contributed by atoms with van der Waals surface area (Å²) in [5.74, 6) is 0. The Morgan fingerprint density at radius 2 is 1.53 bits per heavy atom. The molecule has 0 aliphatic carbocycles. The SMILES string of the molecule is CCCCCCCC[NH2+]CCOCC.[Cl-]. The summed E-state index contributed by atoms with van der Waals surface area (Å²) in [7, 11) is 0. The standard InChI is InChI=1S/C12H27NO.ClH/c1-3-5-6-7-8-9-10-13-11-12-14-4-2;/h13H,3-12H2,1-2H3;1H. The molecular weight excluding hydrogens is 210 g/mol. The fourth-order valence-corrected chi connectivity index (χ4v) is 1.52. The van der Waals surface area contributed by atoms with Gasteiger partial charge in [-0.15, -0.1) is 0 Å². The van der Waals surface area contributed by atoms with Crippen LogP contribution in [0.5, 0.6) is 0 Å². The van der Waals surface area contributed by atoms with Crippen LogP contribution >= 0.6 is 0 Å². The van der Waals surface area contributed by atoms with Crippen molar-refractivity contribution in [2.24, 2.45) is 0 Å². The average Bonchev–Trinajstić information content (AvgIpc) is 2.21. The first-order valence-corrected chi connectivity index (χ1v) is 6.31. The van der Waals surface area contributed by atoms with E-state index in [2.05, 4.69) is 12.2 Å². The summed E-state index contributed by atoms with van der Waals surface area (Å²) in [6.07, 6.45) is 8.39. The van der Waals surface area contributed by atoms with Gasteiger partial charge in [-0.05, 0) is 19.8 Å². The van der Waals surface area contributed by atoms with E-state index in [0.29, 0.717) is 0 Å². The molecule has 0 atom stereocenters. The van der Waals surface area contributed by atoms with E-state index in [1.54, 1.807) is 0 Å². The minimum Gasteiger partial charge on any atom is -1.00 e. The van der Waals surface area contributed by atoms with Gasteiger partial charge in [-0.1, -0.05) is 32.6 Å². The Morgan fingerprint density at radius 3 is 2.20 bits per heavy atom. The van der Waals surface area contributed by atoms with Gasteiger partial charge < -0.3 is 22.5 Å². The molecule has 94 valence electrons. The van der Waals surface area contributed by atoms with Crippen LogP contribution in [0.25, 0.3) is 0 Å². The maximum atomic E-state index is 5.26. The van der Waals surface area contributed by atoms with E-state index in [1.165, 1.54) is 45.1 Å². The number of hydrogen-bond donors (Lipinski definition) is 1. The lowest BCUT2D eigenvalue weighted by Gasteiger charge is -2.02. The van der Waals surface area contributed by atoms with E-state index in [9.17, 15) is 0 Å². The molecule has 0 aliphatic rings. The van der Waals surface area contributed by atoms with Gasteiger partial charge in [0.05, 0.1) is 19.7 Å². The van der Waals surface area contributed by atoms with Gasteiger partial charge in [0.25, 0.3) is 0 Å². The summed E-state index contributed by atoms with van der Waals surface area (Å²) in [5.41, 5.74) is 0. The molecule has 0 bridgehead atoms. The monoisotopic (exact) mass is 237 g/mol. The molecular formula is C12H28ClNO. The van der Waals surface area contributed by atoms with Gasteiger partial charge in [0.1, 0.15) is 0 Å². The lowest BCUT2D eigenvalue weighted by Crippen LogP contribution is -3.00. The molecule has 0 heterocycles. The number of ether oxygens (including phenoxy) is 1. The third-order valence-corrected chi connectivity index (χ3v) is 2.43. The van der Waals surface area contributed by atoms with Crippen molar-refractivity contribution in [3.8, 4) is 0 Å². The Balaban J connectivity index is 0. The summed E-state index contributed by atoms with van der Waals surface area (Å²) in [6.45, 7) is 8.48. The van der Waals surface area contributed by atoms with Crippen LogP contribution in [0.2, 0.25) is 0 Å². The summed E-state index contributed by atoms with van der Waals surface area (Å²) < 4.78 is 5.26. The second-order valence-corrected chi connectivity index (χ2v) is 3.83. The molecule has 0 radical (unpaired) electrons. The molecule has 0 saturated heterocycles. The molecule has 0 aromatic carbocycles. The van der Waals surface area contributed by atoms with E-state index in [0.717, 1.165) is 19.8 Å². The van der Waals surface area contributed by atoms with Crippen LogP contribution in [0, 0.1) is 0 Å². The number of rotatable bonds is 11. The fraction of sp³-hybridized carbons (Fsp3) is 1.00. The topological polar surface area (TPSA) is 25.8 Å². The van der Waals surface area contributed by atoms with Crippen LogP contribution < -0.4 is 17.7 Å². The van der Waals surface area contributed by atoms with Gasteiger partial charge >= 0.3 is 0 Å². The van der Waals surface area contributed by atoms with Crippen molar-refractivity contribution in [3.05, 3.63) is 0 Å². The first-order valence-electron chi connectivity index (χ1n) is 6.31. The van der Waals surface area contributed by atoms with Crippen molar-refractivity contribution >= 4 is 0 Å². The van der Waals surface area contributed by atoms with Crippen molar-refractivity contribution in [2.45, 2.75) is 52.4 Å². The van der Waals surface area contributed by atoms with Gasteiger partial charge in [0.2, 0.25) is 0 Å². The Hall–Kier alpha value is 0.210. The molecule has 0 saturated carbocycles. The summed E-state index contributed by atoms with van der Waals surface area (Å²) in [5, 5.41) is 2.37. The van der Waals surface area contributed by atoms with Crippen LogP contribution in [-0.2, 0) is 4.74 Å². The smallest absolute Gasteiger partial charge is 0.0993 e. The Labute approximate surface area is 102 Å². The zero-order valence-corrected chi connectivity index (χ0v) is 11.2. The summed E-state index contributed by atoms with van der Waals surface area (Å²) in [6, 6.07) is 0. The molecule has 0 aromatic heterocycles. The second kappa shape index (κ2) is 16.6. The lowest BCUT2D eigenvalue weighted by atomic mass is 10.1. The van der Waals surface area contributed by atoms with Crippen molar-refractivity contribution < 1.29 is 22.5 Å². The number of hydrogen-bond acceptors (Lipinski definition) is 1. The molecule has 0 aliphatic heterocycles. The summed E-state index contributed by atoms with van der Waals surface area (Å²) >= 11 is 0. The Bertz CT molecular complexity index is 89.6. The molecule has 15 heavy (non-hydrogen) atoms. The van der Waals surface area contributed by atoms with Crippen molar-refractivity contribution in [1.29, 1.82) is 0 Å². The highest BCUT2D eigenvalue weighted by molar-refractivity contribution is 4.41. The van der Waals surface area contributed by atoms with E-state index in [-0.39, 0.29) is 12.4 Å². The zero-order chi connectivity index (χ0) is 10.5.